The Morgan fingerprint density at radius 2 is 1.62 bits per heavy atom. The molecule has 46 valence electrons. The summed E-state index contributed by atoms with van der Waals surface area (Å²) in [5.74, 6) is 0. The first-order valence-electron chi connectivity index (χ1n) is 2.13. The number of aliphatic hydroxyl groups excluding tert-OH is 2. The van der Waals surface area contributed by atoms with Gasteiger partial charge in [0.05, 0.1) is 0 Å². The highest BCUT2D eigenvalue weighted by molar-refractivity contribution is 5.76. The molecule has 4 N–H and O–H groups in total. The summed E-state index contributed by atoms with van der Waals surface area (Å²) in [5.41, 5.74) is 0. The summed E-state index contributed by atoms with van der Waals surface area (Å²) in [5, 5.41) is 21.1. The first kappa shape index (κ1) is 5.33. The van der Waals surface area contributed by atoms with Crippen molar-refractivity contribution < 1.29 is 15.0 Å². The van der Waals surface area contributed by atoms with Gasteiger partial charge in [-0.05, 0) is 0 Å². The van der Waals surface area contributed by atoms with Crippen LogP contribution in [0.1, 0.15) is 0 Å². The number of aliphatic hydroxyl groups is 2. The quantitative estimate of drug-likeness (QED) is 0.295. The lowest BCUT2D eigenvalue weighted by atomic mass is 10.5. The van der Waals surface area contributed by atoms with Crippen LogP contribution >= 0.6 is 0 Å². The van der Waals surface area contributed by atoms with Gasteiger partial charge in [0.15, 0.2) is 12.5 Å². The highest BCUT2D eigenvalue weighted by atomic mass is 16.4. The first-order valence-corrected chi connectivity index (χ1v) is 2.13. The minimum atomic E-state index is -1.16. The minimum Gasteiger partial charge on any atom is -0.369 e. The molecule has 8 heavy (non-hydrogen) atoms. The number of hydrogen-bond acceptors (Lipinski definition) is 3. The summed E-state index contributed by atoms with van der Waals surface area (Å²) in [4.78, 5) is 10.1. The van der Waals surface area contributed by atoms with Gasteiger partial charge in [-0.3, -0.25) is 0 Å². The molecule has 0 bridgehead atoms. The molecule has 1 saturated heterocycles. The van der Waals surface area contributed by atoms with Crippen LogP contribution < -0.4 is 10.6 Å². The molecule has 2 amide bonds. The van der Waals surface area contributed by atoms with Gasteiger partial charge >= 0.3 is 6.03 Å². The molecule has 0 aromatic heterocycles. The first-order chi connectivity index (χ1) is 3.70. The maximum Gasteiger partial charge on any atom is 0.319 e. The van der Waals surface area contributed by atoms with Gasteiger partial charge in [0.2, 0.25) is 0 Å². The van der Waals surface area contributed by atoms with Crippen LogP contribution in [0.3, 0.4) is 0 Å². The van der Waals surface area contributed by atoms with Crippen LogP contribution in [-0.2, 0) is 0 Å². The molecule has 0 radical (unpaired) electrons. The van der Waals surface area contributed by atoms with Crippen molar-refractivity contribution in [1.82, 2.24) is 10.6 Å². The SMILES string of the molecule is O=C1NC(O)C(O)N1. The Labute approximate surface area is 45.3 Å². The highest BCUT2D eigenvalue weighted by Gasteiger charge is 2.26. The number of amides is 2. The van der Waals surface area contributed by atoms with Crippen molar-refractivity contribution in [2.24, 2.45) is 0 Å². The summed E-state index contributed by atoms with van der Waals surface area (Å²) >= 11 is 0. The molecule has 1 heterocycles. The second-order valence-corrected chi connectivity index (χ2v) is 1.51. The molecule has 0 aliphatic carbocycles. The molecule has 0 aromatic carbocycles. The number of urea groups is 1. The van der Waals surface area contributed by atoms with E-state index in [4.69, 9.17) is 10.2 Å². The van der Waals surface area contributed by atoms with Crippen LogP contribution in [0.15, 0.2) is 0 Å². The molecule has 1 rings (SSSR count). The van der Waals surface area contributed by atoms with Gasteiger partial charge in [0.25, 0.3) is 0 Å². The summed E-state index contributed by atoms with van der Waals surface area (Å²) in [6.45, 7) is 0. The van der Waals surface area contributed by atoms with Gasteiger partial charge in [-0.1, -0.05) is 0 Å². The molecular weight excluding hydrogens is 112 g/mol. The summed E-state index contributed by atoms with van der Waals surface area (Å²) in [7, 11) is 0. The van der Waals surface area contributed by atoms with Crippen LogP contribution in [0.5, 0.6) is 0 Å². The lowest BCUT2D eigenvalue weighted by Gasteiger charge is -2.02. The van der Waals surface area contributed by atoms with E-state index >= 15 is 0 Å². The average molecular weight is 118 g/mol. The van der Waals surface area contributed by atoms with Crippen molar-refractivity contribution in [2.75, 3.05) is 0 Å². The molecule has 0 saturated carbocycles. The van der Waals surface area contributed by atoms with Gasteiger partial charge in [-0.25, -0.2) is 4.79 Å². The van der Waals surface area contributed by atoms with Crippen molar-refractivity contribution >= 4 is 6.03 Å². The van der Waals surface area contributed by atoms with Crippen LogP contribution in [-0.4, -0.2) is 28.7 Å². The molecule has 2 unspecified atom stereocenters. The molecule has 5 nitrogen and oxygen atoms in total. The normalized spacial score (nSPS) is 36.5. The lowest BCUT2D eigenvalue weighted by Crippen LogP contribution is -2.32. The third kappa shape index (κ3) is 0.728. The third-order valence-electron chi connectivity index (χ3n) is 0.857. The van der Waals surface area contributed by atoms with Crippen molar-refractivity contribution in [3.05, 3.63) is 0 Å². The lowest BCUT2D eigenvalue weighted by molar-refractivity contribution is 0.0215. The molecule has 5 heteroatoms. The number of nitrogens with one attached hydrogen (secondary N) is 2. The molecule has 0 aromatic rings. The largest absolute Gasteiger partial charge is 0.369 e. The molecule has 1 fully saturated rings. The molecule has 2 atom stereocenters. The highest BCUT2D eigenvalue weighted by Crippen LogP contribution is 1.91. The fourth-order valence-electron chi connectivity index (χ4n) is 0.468. The number of carbonyl (C=O) groups excluding carboxylic acids is 1. The van der Waals surface area contributed by atoms with Gasteiger partial charge in [-0.15, -0.1) is 0 Å². The number of carbonyl (C=O) groups is 1. The van der Waals surface area contributed by atoms with Crippen molar-refractivity contribution in [3.8, 4) is 0 Å². The maximum absolute atomic E-state index is 10.1. The van der Waals surface area contributed by atoms with E-state index in [2.05, 4.69) is 0 Å². The van der Waals surface area contributed by atoms with E-state index in [9.17, 15) is 4.79 Å². The number of hydrogen-bond donors (Lipinski definition) is 4. The second kappa shape index (κ2) is 1.61. The van der Waals surface area contributed by atoms with E-state index in [0.717, 1.165) is 0 Å². The van der Waals surface area contributed by atoms with E-state index in [1.165, 1.54) is 0 Å². The van der Waals surface area contributed by atoms with E-state index in [1.807, 2.05) is 10.6 Å². The Morgan fingerprint density at radius 3 is 1.75 bits per heavy atom. The maximum atomic E-state index is 10.1. The minimum absolute atomic E-state index is 0.551. The third-order valence-corrected chi connectivity index (χ3v) is 0.857. The Bertz CT molecular complexity index is 103. The van der Waals surface area contributed by atoms with E-state index in [-0.39, 0.29) is 0 Å². The molecule has 0 spiro atoms. The van der Waals surface area contributed by atoms with Crippen LogP contribution in [0, 0.1) is 0 Å². The van der Waals surface area contributed by atoms with Crippen molar-refractivity contribution in [1.29, 1.82) is 0 Å². The average Bonchev–Trinajstić information content (AvgIpc) is 1.85. The predicted molar refractivity (Wildman–Crippen MR) is 23.7 cm³/mol. The Kier molecular flexibility index (Phi) is 1.07. The Hall–Kier alpha value is -0.810. The monoisotopic (exact) mass is 118 g/mol. The van der Waals surface area contributed by atoms with Crippen LogP contribution in [0.2, 0.25) is 0 Å². The van der Waals surface area contributed by atoms with E-state index < -0.39 is 18.5 Å². The molecule has 1 aliphatic rings. The van der Waals surface area contributed by atoms with Crippen LogP contribution in [0.4, 0.5) is 4.79 Å². The standard InChI is InChI=1S/C3H6N2O3/c6-1-2(7)5-3(8)4-1/h1-2,6-7H,(H2,4,5,8). The summed E-state index contributed by atoms with van der Waals surface area (Å²) in [6.07, 6.45) is -2.33. The van der Waals surface area contributed by atoms with Gasteiger partial charge < -0.3 is 20.8 Å². The van der Waals surface area contributed by atoms with Gasteiger partial charge in [-0.2, -0.15) is 0 Å². The fourth-order valence-corrected chi connectivity index (χ4v) is 0.468. The van der Waals surface area contributed by atoms with Gasteiger partial charge in [0, 0.05) is 0 Å². The zero-order valence-electron chi connectivity index (χ0n) is 3.96. The summed E-state index contributed by atoms with van der Waals surface area (Å²) < 4.78 is 0. The topological polar surface area (TPSA) is 81.6 Å². The summed E-state index contributed by atoms with van der Waals surface area (Å²) in [6, 6.07) is -0.551. The zero-order chi connectivity index (χ0) is 6.15. The Morgan fingerprint density at radius 1 is 1.25 bits per heavy atom. The molecular formula is C3H6N2O3. The predicted octanol–water partition coefficient (Wildman–Crippen LogP) is -2.06. The van der Waals surface area contributed by atoms with E-state index in [1.54, 1.807) is 0 Å². The van der Waals surface area contributed by atoms with Crippen molar-refractivity contribution in [2.45, 2.75) is 12.5 Å². The fraction of sp³-hybridized carbons (Fsp3) is 0.667. The number of rotatable bonds is 0. The van der Waals surface area contributed by atoms with E-state index in [0.29, 0.717) is 0 Å². The molecule has 1 aliphatic heterocycles. The zero-order valence-corrected chi connectivity index (χ0v) is 3.96. The smallest absolute Gasteiger partial charge is 0.319 e. The van der Waals surface area contributed by atoms with Crippen LogP contribution in [0.25, 0.3) is 0 Å². The van der Waals surface area contributed by atoms with Crippen molar-refractivity contribution in [3.63, 3.8) is 0 Å². The van der Waals surface area contributed by atoms with Gasteiger partial charge in [0.1, 0.15) is 0 Å². The Balaban J connectivity index is 2.51. The second-order valence-electron chi connectivity index (χ2n) is 1.51.